The highest BCUT2D eigenvalue weighted by Gasteiger charge is 2.13. The summed E-state index contributed by atoms with van der Waals surface area (Å²) in [5.41, 5.74) is 2.50. The fraction of sp³-hybridized carbons (Fsp3) is 0.0476. The van der Waals surface area contributed by atoms with Crippen LogP contribution in [-0.2, 0) is 6.54 Å². The molecule has 1 unspecified atom stereocenters. The molecular weight excluding hydrogens is 408 g/mol. The van der Waals surface area contributed by atoms with Crippen LogP contribution in [0.4, 0.5) is 4.39 Å². The van der Waals surface area contributed by atoms with Gasteiger partial charge in [0.25, 0.3) is 5.56 Å². The minimum atomic E-state index is -1.21. The monoisotopic (exact) mass is 423 g/mol. The topological polar surface area (TPSA) is 98.2 Å². The number of benzene rings is 2. The molecule has 1 atom stereocenters. The first-order valence-corrected chi connectivity index (χ1v) is 9.41. The Morgan fingerprint density at radius 3 is 2.63 bits per heavy atom. The number of rotatable bonds is 5. The molecule has 0 bridgehead atoms. The van der Waals surface area contributed by atoms with Crippen LogP contribution < -0.4 is 10.9 Å². The number of aromatic nitrogens is 3. The highest BCUT2D eigenvalue weighted by Crippen LogP contribution is 2.21. The van der Waals surface area contributed by atoms with Crippen molar-refractivity contribution in [2.75, 3.05) is 0 Å². The maximum atomic E-state index is 13.7. The van der Waals surface area contributed by atoms with Crippen molar-refractivity contribution in [3.63, 3.8) is 0 Å². The van der Waals surface area contributed by atoms with Gasteiger partial charge in [0.1, 0.15) is 11.5 Å². The second kappa shape index (κ2) is 8.00. The molecule has 0 aliphatic heterocycles. The molecule has 4 aromatic rings. The predicted octanol–water partition coefficient (Wildman–Crippen LogP) is 2.95. The van der Waals surface area contributed by atoms with E-state index in [2.05, 4.69) is 19.5 Å². The molecule has 9 heteroatoms. The predicted molar refractivity (Wildman–Crippen MR) is 111 cm³/mol. The largest absolute Gasteiger partial charge is 0.475 e. The van der Waals surface area contributed by atoms with Crippen molar-refractivity contribution in [2.24, 2.45) is 0 Å². The molecule has 0 saturated carbocycles. The lowest BCUT2D eigenvalue weighted by Gasteiger charge is -2.09. The molecular formula is C21H15FN3O4P. The number of hydrogen-bond acceptors (Lipinski definition) is 5. The van der Waals surface area contributed by atoms with Crippen LogP contribution in [0.15, 0.2) is 70.0 Å². The molecule has 1 N–H and O–H groups in total. The highest BCUT2D eigenvalue weighted by atomic mass is 31.0. The van der Waals surface area contributed by atoms with E-state index in [4.69, 9.17) is 9.63 Å². The van der Waals surface area contributed by atoms with Gasteiger partial charge in [0.15, 0.2) is 0 Å². The van der Waals surface area contributed by atoms with Gasteiger partial charge in [-0.3, -0.25) is 4.79 Å². The van der Waals surface area contributed by atoms with Gasteiger partial charge in [-0.1, -0.05) is 23.4 Å². The molecule has 150 valence electrons. The van der Waals surface area contributed by atoms with Gasteiger partial charge in [-0.15, -0.1) is 9.24 Å². The second-order valence-corrected chi connectivity index (χ2v) is 7.24. The second-order valence-electron chi connectivity index (χ2n) is 6.57. The van der Waals surface area contributed by atoms with Crippen LogP contribution in [0.1, 0.15) is 16.1 Å². The van der Waals surface area contributed by atoms with E-state index >= 15 is 0 Å². The van der Waals surface area contributed by atoms with E-state index in [1.54, 1.807) is 30.3 Å². The molecule has 4 rings (SSSR count). The van der Waals surface area contributed by atoms with Crippen molar-refractivity contribution >= 4 is 20.5 Å². The molecule has 2 aromatic heterocycles. The molecule has 2 aromatic carbocycles. The van der Waals surface area contributed by atoms with Gasteiger partial charge in [0.2, 0.25) is 5.76 Å². The molecule has 2 heterocycles. The summed E-state index contributed by atoms with van der Waals surface area (Å²) in [6, 6.07) is 15.9. The first kappa shape index (κ1) is 19.7. The molecule has 0 aliphatic carbocycles. The number of carboxylic acid groups (broad SMARTS) is 1. The van der Waals surface area contributed by atoms with Gasteiger partial charge in [0.05, 0.1) is 12.2 Å². The Hall–Kier alpha value is -3.64. The standard InChI is InChI=1S/C21H15FN3O4P/c22-15-7-14(8-16(30)9-15)17-4-5-20(26)25(23-17)11-12-2-1-3-13(6-12)18-10-19(21(27)28)29-24-18/h1-10H,11,30H2,(H,27,28). The van der Waals surface area contributed by atoms with Crippen molar-refractivity contribution in [2.45, 2.75) is 6.54 Å². The lowest BCUT2D eigenvalue weighted by Crippen LogP contribution is -2.23. The summed E-state index contributed by atoms with van der Waals surface area (Å²) in [4.78, 5) is 23.3. The number of hydrogen-bond donors (Lipinski definition) is 1. The summed E-state index contributed by atoms with van der Waals surface area (Å²) in [6.45, 7) is 0.174. The maximum absolute atomic E-state index is 13.7. The van der Waals surface area contributed by atoms with Crippen LogP contribution in [0.2, 0.25) is 0 Å². The fourth-order valence-electron chi connectivity index (χ4n) is 2.99. The Labute approximate surface area is 172 Å². The molecule has 0 aliphatic rings. The molecule has 0 amide bonds. The number of aromatic carboxylic acids is 1. The van der Waals surface area contributed by atoms with Crippen LogP contribution in [0.5, 0.6) is 0 Å². The first-order valence-electron chi connectivity index (χ1n) is 8.83. The van der Waals surface area contributed by atoms with E-state index in [-0.39, 0.29) is 17.9 Å². The molecule has 0 fully saturated rings. The Bertz CT molecular complexity index is 1300. The molecule has 7 nitrogen and oxygen atoms in total. The number of nitrogens with zero attached hydrogens (tertiary/aromatic N) is 3. The normalized spacial score (nSPS) is 10.9. The van der Waals surface area contributed by atoms with Gasteiger partial charge in [0, 0.05) is 23.3 Å². The van der Waals surface area contributed by atoms with Crippen LogP contribution in [0.3, 0.4) is 0 Å². The van der Waals surface area contributed by atoms with Gasteiger partial charge in [-0.05, 0) is 41.2 Å². The van der Waals surface area contributed by atoms with Crippen molar-refractivity contribution in [3.05, 3.63) is 88.2 Å². The molecule has 0 radical (unpaired) electrons. The maximum Gasteiger partial charge on any atom is 0.374 e. The van der Waals surface area contributed by atoms with Gasteiger partial charge < -0.3 is 9.63 Å². The zero-order chi connectivity index (χ0) is 21.3. The van der Waals surface area contributed by atoms with Gasteiger partial charge in [-0.25, -0.2) is 13.9 Å². The fourth-order valence-corrected chi connectivity index (χ4v) is 3.33. The summed E-state index contributed by atoms with van der Waals surface area (Å²) in [5.74, 6) is -1.86. The minimum Gasteiger partial charge on any atom is -0.475 e. The lowest BCUT2D eigenvalue weighted by molar-refractivity contribution is 0.0652. The number of carboxylic acids is 1. The Kier molecular flexibility index (Phi) is 5.25. The van der Waals surface area contributed by atoms with Crippen LogP contribution in [0, 0.1) is 5.82 Å². The summed E-state index contributed by atoms with van der Waals surface area (Å²) in [7, 11) is 2.44. The number of halogens is 1. The third-order valence-electron chi connectivity index (χ3n) is 4.36. The van der Waals surface area contributed by atoms with E-state index in [1.165, 1.54) is 28.9 Å². The summed E-state index contributed by atoms with van der Waals surface area (Å²) in [5, 5.41) is 17.8. The molecule has 0 spiro atoms. The first-order chi connectivity index (χ1) is 14.4. The third kappa shape index (κ3) is 4.18. The molecule has 30 heavy (non-hydrogen) atoms. The number of carbonyl (C=O) groups is 1. The summed E-state index contributed by atoms with van der Waals surface area (Å²) < 4.78 is 19.8. The zero-order valence-electron chi connectivity index (χ0n) is 15.4. The minimum absolute atomic E-state index is 0.174. The average molecular weight is 423 g/mol. The van der Waals surface area contributed by atoms with E-state index in [1.807, 2.05) is 6.07 Å². The van der Waals surface area contributed by atoms with Crippen molar-refractivity contribution < 1.29 is 18.8 Å². The van der Waals surface area contributed by atoms with E-state index in [0.29, 0.717) is 27.8 Å². The van der Waals surface area contributed by atoms with E-state index < -0.39 is 11.8 Å². The van der Waals surface area contributed by atoms with E-state index in [9.17, 15) is 14.0 Å². The Morgan fingerprint density at radius 1 is 1.07 bits per heavy atom. The Balaban J connectivity index is 1.66. The quantitative estimate of drug-likeness (QED) is 0.496. The zero-order valence-corrected chi connectivity index (χ0v) is 16.6. The molecule has 0 saturated heterocycles. The van der Waals surface area contributed by atoms with Gasteiger partial charge >= 0.3 is 5.97 Å². The summed E-state index contributed by atoms with van der Waals surface area (Å²) >= 11 is 0. The summed E-state index contributed by atoms with van der Waals surface area (Å²) in [6.07, 6.45) is 0. The average Bonchev–Trinajstić information content (AvgIpc) is 3.20. The SMILES string of the molecule is O=C(O)c1cc(-c2cccc(Cn3nc(-c4cc(F)cc(P)c4)ccc3=O)c2)no1. The van der Waals surface area contributed by atoms with Crippen LogP contribution in [0.25, 0.3) is 22.5 Å². The smallest absolute Gasteiger partial charge is 0.374 e. The van der Waals surface area contributed by atoms with Crippen LogP contribution in [-0.4, -0.2) is 26.0 Å². The third-order valence-corrected chi connectivity index (χ3v) is 4.69. The van der Waals surface area contributed by atoms with Crippen molar-refractivity contribution in [1.29, 1.82) is 0 Å². The lowest BCUT2D eigenvalue weighted by atomic mass is 10.1. The highest BCUT2D eigenvalue weighted by molar-refractivity contribution is 7.27. The van der Waals surface area contributed by atoms with Crippen molar-refractivity contribution in [1.82, 2.24) is 14.9 Å². The van der Waals surface area contributed by atoms with Gasteiger partial charge in [-0.2, -0.15) is 5.10 Å². The van der Waals surface area contributed by atoms with Crippen LogP contribution >= 0.6 is 9.24 Å². The van der Waals surface area contributed by atoms with Crippen molar-refractivity contribution in [3.8, 4) is 22.5 Å². The Morgan fingerprint density at radius 2 is 1.90 bits per heavy atom. The van der Waals surface area contributed by atoms with E-state index in [0.717, 1.165) is 5.56 Å².